The Hall–Kier alpha value is -2.10. The molecule has 0 radical (unpaired) electrons. The van der Waals surface area contributed by atoms with Crippen LogP contribution >= 0.6 is 0 Å². The van der Waals surface area contributed by atoms with Crippen molar-refractivity contribution in [2.24, 2.45) is 0 Å². The van der Waals surface area contributed by atoms with E-state index in [-0.39, 0.29) is 5.57 Å². The van der Waals surface area contributed by atoms with Crippen molar-refractivity contribution in [3.63, 3.8) is 0 Å². The smallest absolute Gasteiger partial charge is 0.328 e. The fraction of sp³-hybridized carbons (Fsp3) is 0.231. The number of carbonyl (C=O) groups is 2. The van der Waals surface area contributed by atoms with Crippen LogP contribution in [0.15, 0.2) is 35.9 Å². The molecule has 17 heavy (non-hydrogen) atoms. The van der Waals surface area contributed by atoms with Crippen LogP contribution in [-0.2, 0) is 16.0 Å². The number of carbonyl (C=O) groups excluding carboxylic acids is 1. The van der Waals surface area contributed by atoms with E-state index < -0.39 is 11.9 Å². The number of nitrogens with one attached hydrogen (secondary N) is 1. The second-order valence-electron chi connectivity index (χ2n) is 3.67. The maximum absolute atomic E-state index is 11.6. The number of aryl methyl sites for hydroxylation is 1. The van der Waals surface area contributed by atoms with Crippen LogP contribution in [0.2, 0.25) is 0 Å². The predicted octanol–water partition coefficient (Wildman–Crippen LogP) is 2.22. The van der Waals surface area contributed by atoms with Crippen molar-refractivity contribution in [1.82, 2.24) is 0 Å². The molecular weight excluding hydrogens is 218 g/mol. The molecular formula is C13H15NO3. The van der Waals surface area contributed by atoms with Crippen LogP contribution in [0.3, 0.4) is 0 Å². The second-order valence-corrected chi connectivity index (χ2v) is 3.67. The molecule has 0 saturated carbocycles. The van der Waals surface area contributed by atoms with Crippen molar-refractivity contribution in [2.75, 3.05) is 5.32 Å². The van der Waals surface area contributed by atoms with Gasteiger partial charge < -0.3 is 10.4 Å². The van der Waals surface area contributed by atoms with Gasteiger partial charge in [-0.2, -0.15) is 0 Å². The van der Waals surface area contributed by atoms with Gasteiger partial charge in [0.05, 0.1) is 0 Å². The molecule has 1 aromatic carbocycles. The topological polar surface area (TPSA) is 66.4 Å². The molecule has 0 unspecified atom stereocenters. The molecule has 0 spiro atoms. The molecule has 0 atom stereocenters. The van der Waals surface area contributed by atoms with E-state index in [1.54, 1.807) is 12.1 Å². The molecule has 0 fully saturated rings. The van der Waals surface area contributed by atoms with Crippen LogP contribution in [0, 0.1) is 0 Å². The van der Waals surface area contributed by atoms with E-state index in [1.165, 1.54) is 12.5 Å². The Morgan fingerprint density at radius 2 is 1.88 bits per heavy atom. The molecule has 0 aliphatic rings. The first-order valence-corrected chi connectivity index (χ1v) is 5.34. The Bertz CT molecular complexity index is 446. The molecule has 0 aromatic heterocycles. The maximum Gasteiger partial charge on any atom is 0.328 e. The number of aliphatic carboxylic acids is 1. The fourth-order valence-electron chi connectivity index (χ4n) is 1.30. The first-order valence-electron chi connectivity index (χ1n) is 5.34. The zero-order valence-electron chi connectivity index (χ0n) is 9.86. The van der Waals surface area contributed by atoms with Gasteiger partial charge in [-0.25, -0.2) is 4.79 Å². The number of hydrogen-bond donors (Lipinski definition) is 2. The third-order valence-electron chi connectivity index (χ3n) is 2.32. The molecule has 1 aromatic rings. The molecule has 0 heterocycles. The third-order valence-corrected chi connectivity index (χ3v) is 2.32. The van der Waals surface area contributed by atoms with Crippen LogP contribution < -0.4 is 5.32 Å². The summed E-state index contributed by atoms with van der Waals surface area (Å²) in [5, 5.41) is 11.1. The van der Waals surface area contributed by atoms with Gasteiger partial charge in [-0.3, -0.25) is 4.79 Å². The lowest BCUT2D eigenvalue weighted by molar-refractivity contribution is -0.131. The quantitative estimate of drug-likeness (QED) is 0.783. The van der Waals surface area contributed by atoms with Crippen LogP contribution in [0.5, 0.6) is 0 Å². The number of carboxylic acid groups (broad SMARTS) is 1. The Kier molecular flexibility index (Phi) is 4.46. The summed E-state index contributed by atoms with van der Waals surface area (Å²) in [6, 6.07) is 7.44. The van der Waals surface area contributed by atoms with Gasteiger partial charge in [0, 0.05) is 17.3 Å². The first kappa shape index (κ1) is 13.0. The zero-order chi connectivity index (χ0) is 12.8. The molecule has 4 nitrogen and oxygen atoms in total. The Labute approximate surface area is 100.0 Å². The molecule has 4 heteroatoms. The van der Waals surface area contributed by atoms with Crippen LogP contribution in [-0.4, -0.2) is 17.0 Å². The van der Waals surface area contributed by atoms with E-state index in [2.05, 4.69) is 5.32 Å². The van der Waals surface area contributed by atoms with E-state index in [4.69, 9.17) is 5.11 Å². The summed E-state index contributed by atoms with van der Waals surface area (Å²) in [5.41, 5.74) is 2.00. The van der Waals surface area contributed by atoms with Crippen molar-refractivity contribution < 1.29 is 14.7 Å². The molecule has 0 bridgehead atoms. The largest absolute Gasteiger partial charge is 0.478 e. The minimum absolute atomic E-state index is 0.164. The molecule has 2 N–H and O–H groups in total. The number of benzene rings is 1. The number of rotatable bonds is 4. The second kappa shape index (κ2) is 5.84. The average molecular weight is 233 g/mol. The van der Waals surface area contributed by atoms with Gasteiger partial charge in [-0.15, -0.1) is 0 Å². The normalized spacial score (nSPS) is 11.1. The van der Waals surface area contributed by atoms with E-state index in [0.717, 1.165) is 12.5 Å². The van der Waals surface area contributed by atoms with E-state index in [0.29, 0.717) is 5.69 Å². The van der Waals surface area contributed by atoms with Crippen molar-refractivity contribution in [2.45, 2.75) is 20.3 Å². The highest BCUT2D eigenvalue weighted by molar-refractivity contribution is 6.06. The SMILES string of the molecule is CCc1ccc(NC(=O)/C(C)=C\C(=O)O)cc1. The zero-order valence-corrected chi connectivity index (χ0v) is 9.86. The highest BCUT2D eigenvalue weighted by Gasteiger charge is 2.06. The highest BCUT2D eigenvalue weighted by atomic mass is 16.4. The van der Waals surface area contributed by atoms with E-state index in [9.17, 15) is 9.59 Å². The van der Waals surface area contributed by atoms with Crippen LogP contribution in [0.4, 0.5) is 5.69 Å². The summed E-state index contributed by atoms with van der Waals surface area (Å²) < 4.78 is 0. The van der Waals surface area contributed by atoms with E-state index in [1.807, 2.05) is 19.1 Å². The predicted molar refractivity (Wildman–Crippen MR) is 65.8 cm³/mol. The summed E-state index contributed by atoms with van der Waals surface area (Å²) in [6.45, 7) is 3.51. The van der Waals surface area contributed by atoms with Crippen molar-refractivity contribution >= 4 is 17.6 Å². The lowest BCUT2D eigenvalue weighted by Crippen LogP contribution is -2.13. The average Bonchev–Trinajstić information content (AvgIpc) is 2.29. The maximum atomic E-state index is 11.6. The van der Waals surface area contributed by atoms with Gasteiger partial charge in [0.15, 0.2) is 0 Å². The van der Waals surface area contributed by atoms with Crippen molar-refractivity contribution in [3.05, 3.63) is 41.5 Å². The highest BCUT2D eigenvalue weighted by Crippen LogP contribution is 2.11. The van der Waals surface area contributed by atoms with Gasteiger partial charge in [0.1, 0.15) is 0 Å². The molecule has 0 aliphatic heterocycles. The Morgan fingerprint density at radius 3 is 2.35 bits per heavy atom. The number of anilines is 1. The molecule has 0 aliphatic carbocycles. The summed E-state index contributed by atoms with van der Waals surface area (Å²) >= 11 is 0. The lowest BCUT2D eigenvalue weighted by atomic mass is 10.1. The summed E-state index contributed by atoms with van der Waals surface area (Å²) in [5.74, 6) is -1.53. The number of carboxylic acids is 1. The van der Waals surface area contributed by atoms with E-state index >= 15 is 0 Å². The Balaban J connectivity index is 2.71. The van der Waals surface area contributed by atoms with Gasteiger partial charge in [-0.05, 0) is 31.0 Å². The van der Waals surface area contributed by atoms with Crippen molar-refractivity contribution in [1.29, 1.82) is 0 Å². The molecule has 1 rings (SSSR count). The molecule has 90 valence electrons. The van der Waals surface area contributed by atoms with Gasteiger partial charge in [0.25, 0.3) is 5.91 Å². The first-order chi connectivity index (χ1) is 8.02. The van der Waals surface area contributed by atoms with Gasteiger partial charge in [-0.1, -0.05) is 19.1 Å². The lowest BCUT2D eigenvalue weighted by Gasteiger charge is -2.05. The molecule has 0 saturated heterocycles. The number of amides is 1. The fourth-order valence-corrected chi connectivity index (χ4v) is 1.30. The van der Waals surface area contributed by atoms with Gasteiger partial charge >= 0.3 is 5.97 Å². The standard InChI is InChI=1S/C13H15NO3/c1-3-10-4-6-11(7-5-10)14-13(17)9(2)8-12(15)16/h4-8H,3H2,1-2H3,(H,14,17)(H,15,16)/b9-8-. The minimum atomic E-state index is -1.13. The summed E-state index contributed by atoms with van der Waals surface area (Å²) in [7, 11) is 0. The number of hydrogen-bond acceptors (Lipinski definition) is 2. The van der Waals surface area contributed by atoms with Crippen molar-refractivity contribution in [3.8, 4) is 0 Å². The summed E-state index contributed by atoms with van der Waals surface area (Å²) in [6.07, 6.45) is 1.82. The van der Waals surface area contributed by atoms with Gasteiger partial charge in [0.2, 0.25) is 0 Å². The monoisotopic (exact) mass is 233 g/mol. The minimum Gasteiger partial charge on any atom is -0.478 e. The Morgan fingerprint density at radius 1 is 1.29 bits per heavy atom. The third kappa shape index (κ3) is 4.10. The van der Waals surface area contributed by atoms with Crippen LogP contribution in [0.1, 0.15) is 19.4 Å². The molecule has 1 amide bonds. The summed E-state index contributed by atoms with van der Waals surface area (Å²) in [4.78, 5) is 22.0. The van der Waals surface area contributed by atoms with Crippen LogP contribution in [0.25, 0.3) is 0 Å².